The van der Waals surface area contributed by atoms with E-state index in [-0.39, 0.29) is 5.91 Å². The van der Waals surface area contributed by atoms with Gasteiger partial charge in [0.2, 0.25) is 5.91 Å². The molecule has 0 aliphatic rings. The Balaban J connectivity index is 2.78. The largest absolute Gasteiger partial charge is 0.326 e. The van der Waals surface area contributed by atoms with Gasteiger partial charge in [0.15, 0.2) is 0 Å². The summed E-state index contributed by atoms with van der Waals surface area (Å²) < 4.78 is 0. The van der Waals surface area contributed by atoms with E-state index in [9.17, 15) is 4.79 Å². The normalized spacial score (nSPS) is 12.2. The summed E-state index contributed by atoms with van der Waals surface area (Å²) in [7, 11) is 0. The number of anilines is 1. The molecule has 0 heterocycles. The Hall–Kier alpha value is -0.960. The highest BCUT2D eigenvalue weighted by Crippen LogP contribution is 2.28. The van der Waals surface area contributed by atoms with E-state index < -0.39 is 0 Å². The topological polar surface area (TPSA) is 29.1 Å². The number of benzene rings is 1. The van der Waals surface area contributed by atoms with Gasteiger partial charge in [-0.2, -0.15) is 0 Å². The second-order valence-electron chi connectivity index (χ2n) is 3.99. The van der Waals surface area contributed by atoms with E-state index in [1.54, 1.807) is 0 Å². The molecule has 88 valence electrons. The molecule has 0 fully saturated rings. The second kappa shape index (κ2) is 5.94. The van der Waals surface area contributed by atoms with Crippen LogP contribution in [0.25, 0.3) is 0 Å². The van der Waals surface area contributed by atoms with Gasteiger partial charge >= 0.3 is 0 Å². The van der Waals surface area contributed by atoms with Gasteiger partial charge in [-0.1, -0.05) is 13.8 Å². The molecule has 0 bridgehead atoms. The van der Waals surface area contributed by atoms with E-state index in [4.69, 9.17) is 0 Å². The molecule has 0 aliphatic carbocycles. The molecule has 0 radical (unpaired) electrons. The number of rotatable bonds is 4. The second-order valence-corrected chi connectivity index (χ2v) is 5.51. The van der Waals surface area contributed by atoms with Crippen molar-refractivity contribution in [3.8, 4) is 0 Å². The van der Waals surface area contributed by atoms with E-state index in [2.05, 4.69) is 31.3 Å². The maximum Gasteiger partial charge on any atom is 0.221 e. The van der Waals surface area contributed by atoms with Crippen LogP contribution in [0.15, 0.2) is 23.1 Å². The van der Waals surface area contributed by atoms with Crippen molar-refractivity contribution in [2.75, 3.05) is 5.32 Å². The number of aryl methyl sites for hydroxylation is 1. The fourth-order valence-electron chi connectivity index (χ4n) is 1.36. The SMILES string of the molecule is CC[C@H](C)Sc1ccc(NC(C)=O)c(C)c1. The highest BCUT2D eigenvalue weighted by Gasteiger charge is 2.05. The molecule has 2 nitrogen and oxygen atoms in total. The lowest BCUT2D eigenvalue weighted by Crippen LogP contribution is -2.07. The number of hydrogen-bond donors (Lipinski definition) is 1. The molecule has 16 heavy (non-hydrogen) atoms. The van der Waals surface area contributed by atoms with Crippen molar-refractivity contribution in [1.29, 1.82) is 0 Å². The third kappa shape index (κ3) is 3.89. The van der Waals surface area contributed by atoms with Gasteiger partial charge in [-0.15, -0.1) is 11.8 Å². The molecule has 1 aromatic rings. The lowest BCUT2D eigenvalue weighted by atomic mass is 10.2. The third-order valence-electron chi connectivity index (χ3n) is 2.42. The highest BCUT2D eigenvalue weighted by atomic mass is 32.2. The number of thioether (sulfide) groups is 1. The van der Waals surface area contributed by atoms with E-state index in [1.807, 2.05) is 24.8 Å². The van der Waals surface area contributed by atoms with Crippen molar-refractivity contribution in [3.63, 3.8) is 0 Å². The molecule has 0 spiro atoms. The van der Waals surface area contributed by atoms with E-state index in [0.29, 0.717) is 5.25 Å². The van der Waals surface area contributed by atoms with Crippen LogP contribution < -0.4 is 5.32 Å². The summed E-state index contributed by atoms with van der Waals surface area (Å²) in [5.74, 6) is -0.0228. The van der Waals surface area contributed by atoms with Crippen molar-refractivity contribution in [2.45, 2.75) is 44.3 Å². The molecular weight excluding hydrogens is 218 g/mol. The maximum atomic E-state index is 11.0. The monoisotopic (exact) mass is 237 g/mol. The molecular formula is C13H19NOS. The first-order valence-corrected chi connectivity index (χ1v) is 6.45. The van der Waals surface area contributed by atoms with Gasteiger partial charge in [-0.05, 0) is 37.1 Å². The maximum absolute atomic E-state index is 11.0. The molecule has 1 atom stereocenters. The van der Waals surface area contributed by atoms with Gasteiger partial charge < -0.3 is 5.32 Å². The van der Waals surface area contributed by atoms with Crippen LogP contribution in [0, 0.1) is 6.92 Å². The fraction of sp³-hybridized carbons (Fsp3) is 0.462. The van der Waals surface area contributed by atoms with Gasteiger partial charge in [0.1, 0.15) is 0 Å². The third-order valence-corrected chi connectivity index (χ3v) is 3.68. The Morgan fingerprint density at radius 1 is 1.50 bits per heavy atom. The standard InChI is InChI=1S/C13H19NOS/c1-5-10(3)16-12-6-7-13(9(2)8-12)14-11(4)15/h6-8,10H,5H2,1-4H3,(H,14,15)/t10-/m0/s1. The average Bonchev–Trinajstić information content (AvgIpc) is 2.21. The zero-order valence-electron chi connectivity index (χ0n) is 10.3. The summed E-state index contributed by atoms with van der Waals surface area (Å²) in [6.07, 6.45) is 1.16. The summed E-state index contributed by atoms with van der Waals surface area (Å²) >= 11 is 1.87. The molecule has 1 amide bonds. The number of hydrogen-bond acceptors (Lipinski definition) is 2. The first kappa shape index (κ1) is 13.1. The Bertz CT molecular complexity index is 376. The van der Waals surface area contributed by atoms with E-state index in [1.165, 1.54) is 11.8 Å². The summed E-state index contributed by atoms with van der Waals surface area (Å²) in [6, 6.07) is 6.17. The van der Waals surface area contributed by atoms with E-state index in [0.717, 1.165) is 17.7 Å². The number of carbonyl (C=O) groups is 1. The molecule has 0 saturated heterocycles. The molecule has 1 rings (SSSR count). The molecule has 0 aromatic heterocycles. The molecule has 1 N–H and O–H groups in total. The average molecular weight is 237 g/mol. The quantitative estimate of drug-likeness (QED) is 0.806. The molecule has 0 saturated carbocycles. The van der Waals surface area contributed by atoms with Gasteiger partial charge in [-0.25, -0.2) is 0 Å². The Labute approximate surface area is 102 Å². The number of carbonyl (C=O) groups excluding carboxylic acids is 1. The van der Waals surface area contributed by atoms with Crippen LogP contribution in [0.2, 0.25) is 0 Å². The molecule has 0 unspecified atom stereocenters. The van der Waals surface area contributed by atoms with Crippen LogP contribution in [-0.2, 0) is 4.79 Å². The summed E-state index contributed by atoms with van der Waals surface area (Å²) in [4.78, 5) is 12.2. The summed E-state index contributed by atoms with van der Waals surface area (Å²) in [6.45, 7) is 7.96. The minimum Gasteiger partial charge on any atom is -0.326 e. The first-order chi connectivity index (χ1) is 7.52. The Morgan fingerprint density at radius 3 is 2.69 bits per heavy atom. The minimum atomic E-state index is -0.0228. The van der Waals surface area contributed by atoms with Crippen LogP contribution in [0.4, 0.5) is 5.69 Å². The van der Waals surface area contributed by atoms with Crippen molar-refractivity contribution < 1.29 is 4.79 Å². The lowest BCUT2D eigenvalue weighted by Gasteiger charge is -2.11. The van der Waals surface area contributed by atoms with E-state index >= 15 is 0 Å². The van der Waals surface area contributed by atoms with Gasteiger partial charge in [0, 0.05) is 22.8 Å². The Kier molecular flexibility index (Phi) is 4.87. The predicted molar refractivity (Wildman–Crippen MR) is 71.1 cm³/mol. The van der Waals surface area contributed by atoms with Crippen LogP contribution >= 0.6 is 11.8 Å². The minimum absolute atomic E-state index is 0.0228. The van der Waals surface area contributed by atoms with Crippen LogP contribution in [0.1, 0.15) is 32.8 Å². The van der Waals surface area contributed by atoms with Crippen molar-refractivity contribution in [3.05, 3.63) is 23.8 Å². The highest BCUT2D eigenvalue weighted by molar-refractivity contribution is 7.99. The molecule has 1 aromatic carbocycles. The van der Waals surface area contributed by atoms with Crippen molar-refractivity contribution in [2.24, 2.45) is 0 Å². The first-order valence-electron chi connectivity index (χ1n) is 5.57. The molecule has 3 heteroatoms. The Morgan fingerprint density at radius 2 is 2.19 bits per heavy atom. The fourth-order valence-corrected chi connectivity index (χ4v) is 2.38. The van der Waals surface area contributed by atoms with Gasteiger partial charge in [0.05, 0.1) is 0 Å². The van der Waals surface area contributed by atoms with Gasteiger partial charge in [-0.3, -0.25) is 4.79 Å². The van der Waals surface area contributed by atoms with Crippen molar-refractivity contribution in [1.82, 2.24) is 0 Å². The number of nitrogens with one attached hydrogen (secondary N) is 1. The zero-order chi connectivity index (χ0) is 12.1. The predicted octanol–water partition coefficient (Wildman–Crippen LogP) is 3.84. The van der Waals surface area contributed by atoms with Gasteiger partial charge in [0.25, 0.3) is 0 Å². The van der Waals surface area contributed by atoms with Crippen LogP contribution in [-0.4, -0.2) is 11.2 Å². The summed E-state index contributed by atoms with van der Waals surface area (Å²) in [5.41, 5.74) is 2.02. The smallest absolute Gasteiger partial charge is 0.221 e. The molecule has 0 aliphatic heterocycles. The van der Waals surface area contributed by atoms with Crippen LogP contribution in [0.5, 0.6) is 0 Å². The summed E-state index contributed by atoms with van der Waals surface area (Å²) in [5, 5.41) is 3.45. The van der Waals surface area contributed by atoms with Crippen LogP contribution in [0.3, 0.4) is 0 Å². The zero-order valence-corrected chi connectivity index (χ0v) is 11.1. The van der Waals surface area contributed by atoms with Crippen molar-refractivity contribution >= 4 is 23.4 Å². The lowest BCUT2D eigenvalue weighted by molar-refractivity contribution is -0.114. The number of amides is 1.